The Balaban J connectivity index is 2.80. The number of benzene rings is 1. The van der Waals surface area contributed by atoms with Crippen molar-refractivity contribution >= 4 is 17.9 Å². The highest BCUT2D eigenvalue weighted by Crippen LogP contribution is 2.18. The molecule has 5 nitrogen and oxygen atoms in total. The van der Waals surface area contributed by atoms with Crippen molar-refractivity contribution in [2.45, 2.75) is 19.9 Å². The lowest BCUT2D eigenvalue weighted by atomic mass is 10.0. The first-order valence-corrected chi connectivity index (χ1v) is 6.14. The quantitative estimate of drug-likeness (QED) is 0.602. The summed E-state index contributed by atoms with van der Waals surface area (Å²) >= 11 is 0. The van der Waals surface area contributed by atoms with Crippen LogP contribution in [0.25, 0.3) is 0 Å². The van der Waals surface area contributed by atoms with Gasteiger partial charge in [0.1, 0.15) is 18.1 Å². The normalized spacial score (nSPS) is 13.2. The number of ether oxygens (including phenoxy) is 2. The van der Waals surface area contributed by atoms with Crippen molar-refractivity contribution < 1.29 is 19.1 Å². The average Bonchev–Trinajstić information content (AvgIpc) is 2.44. The molecule has 1 aromatic rings. The Bertz CT molecular complexity index is 416. The zero-order valence-corrected chi connectivity index (χ0v) is 11.4. The number of aldehydes is 1. The monoisotopic (exact) mass is 265 g/mol. The van der Waals surface area contributed by atoms with Crippen molar-refractivity contribution in [1.82, 2.24) is 0 Å². The molecule has 2 atom stereocenters. The fraction of sp³-hybridized carbons (Fsp3) is 0.429. The van der Waals surface area contributed by atoms with Crippen LogP contribution in [0.5, 0.6) is 5.75 Å². The average molecular weight is 265 g/mol. The molecule has 1 N–H and O–H groups in total. The largest absolute Gasteiger partial charge is 0.497 e. The van der Waals surface area contributed by atoms with Gasteiger partial charge in [-0.1, -0.05) is 6.92 Å². The molecule has 0 saturated heterocycles. The molecular weight excluding hydrogens is 246 g/mol. The molecule has 0 bridgehead atoms. The summed E-state index contributed by atoms with van der Waals surface area (Å²) in [6.45, 7) is 3.68. The molecule has 0 heterocycles. The predicted octanol–water partition coefficient (Wildman–Crippen LogP) is 1.87. The molecule has 0 aliphatic carbocycles. The van der Waals surface area contributed by atoms with Gasteiger partial charge in [0.15, 0.2) is 0 Å². The van der Waals surface area contributed by atoms with Crippen molar-refractivity contribution in [2.75, 3.05) is 19.0 Å². The van der Waals surface area contributed by atoms with E-state index in [1.165, 1.54) is 0 Å². The minimum Gasteiger partial charge on any atom is -0.497 e. The van der Waals surface area contributed by atoms with Crippen molar-refractivity contribution in [1.29, 1.82) is 0 Å². The van der Waals surface area contributed by atoms with Crippen LogP contribution in [0.2, 0.25) is 0 Å². The lowest BCUT2D eigenvalue weighted by Crippen LogP contribution is -2.37. The van der Waals surface area contributed by atoms with Gasteiger partial charge in [-0.15, -0.1) is 0 Å². The van der Waals surface area contributed by atoms with E-state index in [9.17, 15) is 9.59 Å². The Labute approximate surface area is 112 Å². The van der Waals surface area contributed by atoms with Gasteiger partial charge in [0, 0.05) is 11.6 Å². The Morgan fingerprint density at radius 2 is 2.00 bits per heavy atom. The third-order valence-electron chi connectivity index (χ3n) is 2.69. The first kappa shape index (κ1) is 15.0. The second-order valence-electron chi connectivity index (χ2n) is 4.10. The van der Waals surface area contributed by atoms with Crippen molar-refractivity contribution in [3.63, 3.8) is 0 Å². The van der Waals surface area contributed by atoms with Crippen LogP contribution < -0.4 is 10.1 Å². The fourth-order valence-electron chi connectivity index (χ4n) is 1.58. The van der Waals surface area contributed by atoms with Crippen molar-refractivity contribution in [3.8, 4) is 5.75 Å². The van der Waals surface area contributed by atoms with Crippen LogP contribution in [0.3, 0.4) is 0 Å². The number of esters is 1. The maximum atomic E-state index is 11.8. The van der Waals surface area contributed by atoms with Gasteiger partial charge in [-0.2, -0.15) is 0 Å². The topological polar surface area (TPSA) is 64.6 Å². The van der Waals surface area contributed by atoms with Crippen LogP contribution in [0, 0.1) is 5.92 Å². The number of rotatable bonds is 7. The van der Waals surface area contributed by atoms with Crippen LogP contribution in [0.1, 0.15) is 13.8 Å². The molecular formula is C14H19NO4. The van der Waals surface area contributed by atoms with Crippen LogP contribution in [-0.4, -0.2) is 32.0 Å². The molecule has 0 fully saturated rings. The summed E-state index contributed by atoms with van der Waals surface area (Å²) in [6, 6.07) is 6.42. The molecule has 104 valence electrons. The number of carbonyl (C=O) groups is 2. The van der Waals surface area contributed by atoms with E-state index in [2.05, 4.69) is 5.32 Å². The van der Waals surface area contributed by atoms with E-state index < -0.39 is 17.9 Å². The Hall–Kier alpha value is -2.04. The Morgan fingerprint density at radius 1 is 1.37 bits per heavy atom. The summed E-state index contributed by atoms with van der Waals surface area (Å²) in [7, 11) is 1.58. The standard InChI is InChI=1S/C14H19NO4/c1-4-19-14(17)13(10(2)9-16)15-11-5-7-12(18-3)8-6-11/h5-10,13,15H,4H2,1-3H3/t10-,13+/m1/s1. The number of nitrogens with one attached hydrogen (secondary N) is 1. The number of methoxy groups -OCH3 is 1. The molecule has 0 saturated carbocycles. The number of carbonyl (C=O) groups excluding carboxylic acids is 2. The highest BCUT2D eigenvalue weighted by atomic mass is 16.5. The highest BCUT2D eigenvalue weighted by molar-refractivity contribution is 5.83. The summed E-state index contributed by atoms with van der Waals surface area (Å²) in [4.78, 5) is 22.7. The van der Waals surface area contributed by atoms with Gasteiger partial charge >= 0.3 is 5.97 Å². The number of anilines is 1. The van der Waals surface area contributed by atoms with Crippen molar-refractivity contribution in [3.05, 3.63) is 24.3 Å². The zero-order chi connectivity index (χ0) is 14.3. The SMILES string of the molecule is CCOC(=O)[C@@H](Nc1ccc(OC)cc1)[C@H](C)C=O. The van der Waals surface area contributed by atoms with Gasteiger partial charge < -0.3 is 19.6 Å². The second kappa shape index (κ2) is 7.41. The minimum absolute atomic E-state index is 0.283. The van der Waals surface area contributed by atoms with E-state index in [1.54, 1.807) is 45.2 Å². The molecule has 5 heteroatoms. The van der Waals surface area contributed by atoms with E-state index in [0.717, 1.165) is 17.7 Å². The number of hydrogen-bond acceptors (Lipinski definition) is 5. The molecule has 0 radical (unpaired) electrons. The van der Waals surface area contributed by atoms with E-state index in [0.29, 0.717) is 0 Å². The molecule has 0 amide bonds. The molecule has 1 rings (SSSR count). The van der Waals surface area contributed by atoms with Gasteiger partial charge in [0.25, 0.3) is 0 Å². The highest BCUT2D eigenvalue weighted by Gasteiger charge is 2.25. The van der Waals surface area contributed by atoms with Gasteiger partial charge in [0.2, 0.25) is 0 Å². The fourth-order valence-corrected chi connectivity index (χ4v) is 1.58. The third-order valence-corrected chi connectivity index (χ3v) is 2.69. The van der Waals surface area contributed by atoms with Gasteiger partial charge in [0.05, 0.1) is 13.7 Å². The van der Waals surface area contributed by atoms with Crippen LogP contribution >= 0.6 is 0 Å². The van der Waals surface area contributed by atoms with E-state index in [1.807, 2.05) is 0 Å². The predicted molar refractivity (Wildman–Crippen MR) is 72.3 cm³/mol. The zero-order valence-electron chi connectivity index (χ0n) is 11.4. The Morgan fingerprint density at radius 3 is 2.47 bits per heavy atom. The van der Waals surface area contributed by atoms with Crippen molar-refractivity contribution in [2.24, 2.45) is 5.92 Å². The molecule has 1 aromatic carbocycles. The smallest absolute Gasteiger partial charge is 0.329 e. The van der Waals surface area contributed by atoms with Gasteiger partial charge in [-0.3, -0.25) is 0 Å². The third kappa shape index (κ3) is 4.28. The summed E-state index contributed by atoms with van der Waals surface area (Å²) < 4.78 is 10.0. The maximum absolute atomic E-state index is 11.8. The maximum Gasteiger partial charge on any atom is 0.329 e. The van der Waals surface area contributed by atoms with E-state index in [-0.39, 0.29) is 6.61 Å². The van der Waals surface area contributed by atoms with Crippen LogP contribution in [0.15, 0.2) is 24.3 Å². The summed E-state index contributed by atoms with van der Waals surface area (Å²) in [6.07, 6.45) is 0.734. The first-order chi connectivity index (χ1) is 9.12. The first-order valence-electron chi connectivity index (χ1n) is 6.14. The van der Waals surface area contributed by atoms with E-state index in [4.69, 9.17) is 9.47 Å². The molecule has 0 aliphatic heterocycles. The lowest BCUT2D eigenvalue weighted by Gasteiger charge is -2.20. The second-order valence-corrected chi connectivity index (χ2v) is 4.10. The van der Waals surface area contributed by atoms with E-state index >= 15 is 0 Å². The molecule has 0 spiro atoms. The van der Waals surface area contributed by atoms with Gasteiger partial charge in [-0.05, 0) is 31.2 Å². The number of hydrogen-bond donors (Lipinski definition) is 1. The van der Waals surface area contributed by atoms with Crippen LogP contribution in [0.4, 0.5) is 5.69 Å². The molecule has 0 aromatic heterocycles. The summed E-state index contributed by atoms with van der Waals surface area (Å²) in [5.41, 5.74) is 0.729. The van der Waals surface area contributed by atoms with Gasteiger partial charge in [-0.25, -0.2) is 4.79 Å². The Kier molecular flexibility index (Phi) is 5.85. The summed E-state index contributed by atoms with van der Waals surface area (Å²) in [5, 5.41) is 3.00. The van der Waals surface area contributed by atoms with Crippen LogP contribution in [-0.2, 0) is 14.3 Å². The molecule has 0 unspecified atom stereocenters. The molecule has 0 aliphatic rings. The lowest BCUT2D eigenvalue weighted by molar-refractivity contribution is -0.146. The summed E-state index contributed by atoms with van der Waals surface area (Å²) in [5.74, 6) is -0.180. The minimum atomic E-state index is -0.689. The molecule has 19 heavy (non-hydrogen) atoms.